The molecular formula is C12H19N3OS. The van der Waals surface area contributed by atoms with Crippen molar-refractivity contribution >= 4 is 17.2 Å². The van der Waals surface area contributed by atoms with Crippen LogP contribution in [0.15, 0.2) is 17.2 Å². The number of rotatable bonds is 6. The Kier molecular flexibility index (Phi) is 3.38. The van der Waals surface area contributed by atoms with Crippen molar-refractivity contribution in [3.05, 3.63) is 22.9 Å². The molecule has 0 aromatic carbocycles. The van der Waals surface area contributed by atoms with E-state index in [-0.39, 0.29) is 11.1 Å². The van der Waals surface area contributed by atoms with E-state index < -0.39 is 0 Å². The Morgan fingerprint density at radius 2 is 2.12 bits per heavy atom. The van der Waals surface area contributed by atoms with Gasteiger partial charge in [-0.25, -0.2) is 4.79 Å². The lowest BCUT2D eigenvalue weighted by Gasteiger charge is -2.14. The monoisotopic (exact) mass is 253 g/mol. The molecule has 1 aromatic heterocycles. The van der Waals surface area contributed by atoms with E-state index in [9.17, 15) is 4.79 Å². The van der Waals surface area contributed by atoms with E-state index >= 15 is 0 Å². The van der Waals surface area contributed by atoms with Gasteiger partial charge in [0.25, 0.3) is 0 Å². The maximum absolute atomic E-state index is 12.0. The van der Waals surface area contributed by atoms with Gasteiger partial charge in [-0.15, -0.1) is 0 Å². The lowest BCUT2D eigenvalue weighted by atomic mass is 10.0. The molecule has 1 aliphatic rings. The molecule has 0 unspecified atom stereocenters. The van der Waals surface area contributed by atoms with Crippen LogP contribution in [0.4, 0.5) is 0 Å². The molecule has 2 rings (SSSR count). The summed E-state index contributed by atoms with van der Waals surface area (Å²) in [6.45, 7) is 3.60. The van der Waals surface area contributed by atoms with Crippen LogP contribution < -0.4 is 11.4 Å². The first-order valence-corrected chi connectivity index (χ1v) is 6.51. The first kappa shape index (κ1) is 12.4. The molecule has 0 spiro atoms. The van der Waals surface area contributed by atoms with Crippen LogP contribution in [-0.4, -0.2) is 14.1 Å². The largest absolute Gasteiger partial charge is 0.393 e. The summed E-state index contributed by atoms with van der Waals surface area (Å²) in [6, 6.07) is 0. The molecule has 1 aliphatic carbocycles. The Balaban J connectivity index is 2.09. The summed E-state index contributed by atoms with van der Waals surface area (Å²) in [5.74, 6) is 0. The fourth-order valence-corrected chi connectivity index (χ4v) is 2.59. The molecule has 17 heavy (non-hydrogen) atoms. The molecule has 4 nitrogen and oxygen atoms in total. The van der Waals surface area contributed by atoms with Gasteiger partial charge in [-0.1, -0.05) is 19.1 Å². The molecule has 0 aliphatic heterocycles. The van der Waals surface area contributed by atoms with E-state index in [2.05, 4.69) is 6.92 Å². The highest BCUT2D eigenvalue weighted by atomic mass is 32.1. The second kappa shape index (κ2) is 4.64. The number of imidazole rings is 1. The van der Waals surface area contributed by atoms with E-state index in [4.69, 9.17) is 18.0 Å². The molecule has 0 saturated heterocycles. The smallest absolute Gasteiger partial charge is 0.328 e. The van der Waals surface area contributed by atoms with E-state index in [0.29, 0.717) is 4.99 Å². The number of hydrogen-bond acceptors (Lipinski definition) is 2. The highest BCUT2D eigenvalue weighted by Crippen LogP contribution is 2.49. The maximum atomic E-state index is 12.0. The van der Waals surface area contributed by atoms with Crippen LogP contribution >= 0.6 is 12.2 Å². The van der Waals surface area contributed by atoms with Crippen LogP contribution in [0.25, 0.3) is 0 Å². The van der Waals surface area contributed by atoms with Gasteiger partial charge in [0.1, 0.15) is 0 Å². The first-order valence-electron chi connectivity index (χ1n) is 6.10. The fraction of sp³-hybridized carbons (Fsp3) is 0.667. The van der Waals surface area contributed by atoms with Gasteiger partial charge in [0.15, 0.2) is 0 Å². The minimum absolute atomic E-state index is 0.0843. The third-order valence-corrected chi connectivity index (χ3v) is 3.54. The summed E-state index contributed by atoms with van der Waals surface area (Å²) in [6.07, 6.45) is 7.71. The zero-order chi connectivity index (χ0) is 12.5. The molecule has 1 aromatic rings. The van der Waals surface area contributed by atoms with E-state index in [1.165, 1.54) is 0 Å². The predicted molar refractivity (Wildman–Crippen MR) is 72.1 cm³/mol. The van der Waals surface area contributed by atoms with E-state index in [1.807, 2.05) is 12.4 Å². The SMILES string of the molecule is CCCn1ccn(CC2(CC(N)=S)CC2)c1=O. The van der Waals surface area contributed by atoms with Crippen molar-refractivity contribution < 1.29 is 0 Å². The van der Waals surface area contributed by atoms with Gasteiger partial charge in [-0.2, -0.15) is 0 Å². The number of thiocarbonyl (C=S) groups is 1. The van der Waals surface area contributed by atoms with Gasteiger partial charge >= 0.3 is 5.69 Å². The summed E-state index contributed by atoms with van der Waals surface area (Å²) in [4.78, 5) is 12.6. The summed E-state index contributed by atoms with van der Waals surface area (Å²) >= 11 is 4.96. The molecule has 1 heterocycles. The molecule has 2 N–H and O–H groups in total. The average molecular weight is 253 g/mol. The minimum Gasteiger partial charge on any atom is -0.393 e. The maximum Gasteiger partial charge on any atom is 0.328 e. The molecule has 94 valence electrons. The standard InChI is InChI=1S/C12H19N3OS/c1-2-5-14-6-7-15(11(14)16)9-12(3-4-12)8-10(13)17/h6-7H,2-5,8-9H2,1H3,(H2,13,17). The Morgan fingerprint density at radius 1 is 1.47 bits per heavy atom. The molecular weight excluding hydrogens is 234 g/mol. The third kappa shape index (κ3) is 2.77. The Labute approximate surface area is 106 Å². The molecule has 0 bridgehead atoms. The number of aryl methyl sites for hydroxylation is 1. The average Bonchev–Trinajstić information content (AvgIpc) is 2.92. The zero-order valence-electron chi connectivity index (χ0n) is 10.2. The quantitative estimate of drug-likeness (QED) is 0.782. The van der Waals surface area contributed by atoms with Crippen LogP contribution in [0.1, 0.15) is 32.6 Å². The van der Waals surface area contributed by atoms with Gasteiger partial charge < -0.3 is 5.73 Å². The van der Waals surface area contributed by atoms with Crippen LogP contribution in [0.5, 0.6) is 0 Å². The van der Waals surface area contributed by atoms with Crippen molar-refractivity contribution in [2.75, 3.05) is 0 Å². The lowest BCUT2D eigenvalue weighted by Crippen LogP contribution is -2.28. The topological polar surface area (TPSA) is 52.9 Å². The van der Waals surface area contributed by atoms with Crippen molar-refractivity contribution in [3.8, 4) is 0 Å². The summed E-state index contributed by atoms with van der Waals surface area (Å²) in [5, 5.41) is 0. The number of nitrogens with zero attached hydrogens (tertiary/aromatic N) is 2. The number of hydrogen-bond donors (Lipinski definition) is 1. The normalized spacial score (nSPS) is 17.0. The number of aromatic nitrogens is 2. The molecule has 1 fully saturated rings. The highest BCUT2D eigenvalue weighted by molar-refractivity contribution is 7.80. The molecule has 5 heteroatoms. The van der Waals surface area contributed by atoms with Crippen LogP contribution in [0.3, 0.4) is 0 Å². The lowest BCUT2D eigenvalue weighted by molar-refractivity contribution is 0.425. The van der Waals surface area contributed by atoms with Crippen LogP contribution in [0, 0.1) is 5.41 Å². The van der Waals surface area contributed by atoms with Gasteiger partial charge in [-0.05, 0) is 24.7 Å². The summed E-state index contributed by atoms with van der Waals surface area (Å²) in [7, 11) is 0. The predicted octanol–water partition coefficient (Wildman–Crippen LogP) is 1.52. The van der Waals surface area contributed by atoms with Crippen molar-refractivity contribution in [1.29, 1.82) is 0 Å². The summed E-state index contributed by atoms with van der Waals surface area (Å²) in [5.41, 5.74) is 5.85. The van der Waals surface area contributed by atoms with Gasteiger partial charge in [0.05, 0.1) is 4.99 Å². The van der Waals surface area contributed by atoms with Crippen molar-refractivity contribution in [2.24, 2.45) is 11.1 Å². The minimum atomic E-state index is 0.0843. The van der Waals surface area contributed by atoms with E-state index in [0.717, 1.165) is 38.8 Å². The third-order valence-electron chi connectivity index (χ3n) is 3.39. The second-order valence-electron chi connectivity index (χ2n) is 5.05. The Bertz CT molecular complexity index is 470. The van der Waals surface area contributed by atoms with Crippen LogP contribution in [0.2, 0.25) is 0 Å². The van der Waals surface area contributed by atoms with Crippen LogP contribution in [-0.2, 0) is 13.1 Å². The van der Waals surface area contributed by atoms with Crippen molar-refractivity contribution in [2.45, 2.75) is 45.7 Å². The zero-order valence-corrected chi connectivity index (χ0v) is 11.0. The molecule has 0 amide bonds. The summed E-state index contributed by atoms with van der Waals surface area (Å²) < 4.78 is 3.55. The van der Waals surface area contributed by atoms with Gasteiger partial charge in [-0.3, -0.25) is 9.13 Å². The van der Waals surface area contributed by atoms with Crippen molar-refractivity contribution in [3.63, 3.8) is 0 Å². The Morgan fingerprint density at radius 3 is 2.65 bits per heavy atom. The van der Waals surface area contributed by atoms with Gasteiger partial charge in [0, 0.05) is 31.9 Å². The fourth-order valence-electron chi connectivity index (χ4n) is 2.28. The molecule has 1 saturated carbocycles. The number of nitrogens with two attached hydrogens (primary N) is 1. The second-order valence-corrected chi connectivity index (χ2v) is 5.57. The highest BCUT2D eigenvalue weighted by Gasteiger charge is 2.43. The van der Waals surface area contributed by atoms with E-state index in [1.54, 1.807) is 9.13 Å². The van der Waals surface area contributed by atoms with Crippen molar-refractivity contribution in [1.82, 2.24) is 9.13 Å². The Hall–Kier alpha value is -1.10. The molecule has 0 atom stereocenters. The molecule has 0 radical (unpaired) electrons. The first-order chi connectivity index (χ1) is 8.06. The van der Waals surface area contributed by atoms with Gasteiger partial charge in [0.2, 0.25) is 0 Å².